The molecule has 0 amide bonds. The molecule has 0 saturated carbocycles. The van der Waals surface area contributed by atoms with Crippen molar-refractivity contribution in [2.45, 2.75) is 0 Å². The van der Waals surface area contributed by atoms with E-state index >= 15 is 0 Å². The smallest absolute Gasteiger partial charge is 0.243 e. The monoisotopic (exact) mass is 263 g/mol. The van der Waals surface area contributed by atoms with E-state index in [1.165, 1.54) is 23.1 Å². The number of benzene rings is 1. The van der Waals surface area contributed by atoms with Crippen LogP contribution in [0, 0.1) is 5.82 Å². The summed E-state index contributed by atoms with van der Waals surface area (Å²) in [6.45, 7) is 0. The van der Waals surface area contributed by atoms with Crippen LogP contribution in [0.4, 0.5) is 4.39 Å². The minimum absolute atomic E-state index is 0.103. The van der Waals surface area contributed by atoms with Gasteiger partial charge in [0.1, 0.15) is 5.82 Å². The number of nitrogens with zero attached hydrogens (tertiary/aromatic N) is 3. The highest BCUT2D eigenvalue weighted by molar-refractivity contribution is 6.28. The first-order chi connectivity index (χ1) is 8.74. The van der Waals surface area contributed by atoms with Gasteiger partial charge in [0.05, 0.1) is 12.0 Å². The summed E-state index contributed by atoms with van der Waals surface area (Å²) in [6, 6.07) is 9.36. The summed E-state index contributed by atoms with van der Waals surface area (Å²) in [5.41, 5.74) is 0.655. The van der Waals surface area contributed by atoms with Gasteiger partial charge in [0, 0.05) is 0 Å². The van der Waals surface area contributed by atoms with Gasteiger partial charge in [-0.05, 0) is 48.0 Å². The molecule has 2 heterocycles. The van der Waals surface area contributed by atoms with Crippen LogP contribution in [-0.4, -0.2) is 14.8 Å². The lowest BCUT2D eigenvalue weighted by atomic mass is 10.3. The second-order valence-corrected chi connectivity index (χ2v) is 3.91. The molecule has 3 aromatic rings. The fourth-order valence-electron chi connectivity index (χ4n) is 1.61. The Balaban J connectivity index is 2.15. The van der Waals surface area contributed by atoms with Gasteiger partial charge in [0.25, 0.3) is 0 Å². The Morgan fingerprint density at radius 1 is 1.17 bits per heavy atom. The fraction of sp³-hybridized carbons (Fsp3) is 0. The van der Waals surface area contributed by atoms with Crippen LogP contribution in [0.2, 0.25) is 5.28 Å². The van der Waals surface area contributed by atoms with E-state index in [-0.39, 0.29) is 11.1 Å². The van der Waals surface area contributed by atoms with E-state index in [2.05, 4.69) is 10.1 Å². The van der Waals surface area contributed by atoms with E-state index in [0.29, 0.717) is 17.3 Å². The Kier molecular flexibility index (Phi) is 2.60. The van der Waals surface area contributed by atoms with E-state index in [1.54, 1.807) is 24.3 Å². The molecule has 0 aliphatic carbocycles. The molecule has 6 heteroatoms. The highest BCUT2D eigenvalue weighted by Crippen LogP contribution is 2.23. The van der Waals surface area contributed by atoms with Crippen LogP contribution in [0.3, 0.4) is 0 Å². The molecule has 0 aliphatic heterocycles. The van der Waals surface area contributed by atoms with Crippen LogP contribution in [0.15, 0.2) is 47.1 Å². The van der Waals surface area contributed by atoms with Crippen molar-refractivity contribution >= 4 is 11.6 Å². The Hall–Kier alpha value is -2.14. The molecule has 90 valence electrons. The van der Waals surface area contributed by atoms with Gasteiger partial charge in [0.15, 0.2) is 11.6 Å². The summed E-state index contributed by atoms with van der Waals surface area (Å²) in [4.78, 5) is 4.08. The number of halogens is 2. The van der Waals surface area contributed by atoms with Crippen LogP contribution in [0.5, 0.6) is 0 Å². The zero-order valence-electron chi connectivity index (χ0n) is 9.05. The Morgan fingerprint density at radius 2 is 1.94 bits per heavy atom. The van der Waals surface area contributed by atoms with Gasteiger partial charge in [-0.2, -0.15) is 4.98 Å². The van der Waals surface area contributed by atoms with Crippen molar-refractivity contribution in [3.05, 3.63) is 53.8 Å². The van der Waals surface area contributed by atoms with E-state index < -0.39 is 0 Å². The second kappa shape index (κ2) is 4.27. The van der Waals surface area contributed by atoms with Crippen LogP contribution < -0.4 is 0 Å². The summed E-state index contributed by atoms with van der Waals surface area (Å²) in [7, 11) is 0. The SMILES string of the molecule is Fc1ccc(-n2nc(Cl)nc2-c2ccco2)cc1. The molecule has 2 aromatic heterocycles. The highest BCUT2D eigenvalue weighted by atomic mass is 35.5. The highest BCUT2D eigenvalue weighted by Gasteiger charge is 2.14. The van der Waals surface area contributed by atoms with Crippen molar-refractivity contribution in [3.8, 4) is 17.3 Å². The molecule has 0 bridgehead atoms. The molecule has 0 spiro atoms. The van der Waals surface area contributed by atoms with E-state index in [9.17, 15) is 4.39 Å². The largest absolute Gasteiger partial charge is 0.461 e. The lowest BCUT2D eigenvalue weighted by Gasteiger charge is -2.03. The van der Waals surface area contributed by atoms with Gasteiger partial charge in [0.2, 0.25) is 5.28 Å². The maximum atomic E-state index is 12.9. The number of hydrogen-bond acceptors (Lipinski definition) is 3. The molecule has 18 heavy (non-hydrogen) atoms. The van der Waals surface area contributed by atoms with Gasteiger partial charge in [-0.1, -0.05) is 0 Å². The van der Waals surface area contributed by atoms with Gasteiger partial charge in [-0.3, -0.25) is 0 Å². The zero-order valence-corrected chi connectivity index (χ0v) is 9.80. The summed E-state index contributed by atoms with van der Waals surface area (Å²) < 4.78 is 19.7. The van der Waals surface area contributed by atoms with E-state index in [1.807, 2.05) is 0 Å². The summed E-state index contributed by atoms with van der Waals surface area (Å²) in [5, 5.41) is 4.16. The first-order valence-electron chi connectivity index (χ1n) is 5.16. The molecule has 0 unspecified atom stereocenters. The van der Waals surface area contributed by atoms with Gasteiger partial charge < -0.3 is 4.42 Å². The van der Waals surface area contributed by atoms with E-state index in [0.717, 1.165) is 0 Å². The van der Waals surface area contributed by atoms with Crippen LogP contribution in [0.1, 0.15) is 0 Å². The van der Waals surface area contributed by atoms with Gasteiger partial charge in [-0.15, -0.1) is 5.10 Å². The summed E-state index contributed by atoms with van der Waals surface area (Å²) in [6.07, 6.45) is 1.53. The molecule has 0 radical (unpaired) electrons. The molecule has 3 rings (SSSR count). The molecule has 0 saturated heterocycles. The lowest BCUT2D eigenvalue weighted by molar-refractivity contribution is 0.574. The molecule has 0 N–H and O–H groups in total. The van der Waals surface area contributed by atoms with Crippen LogP contribution >= 0.6 is 11.6 Å². The summed E-state index contributed by atoms with van der Waals surface area (Å²) in [5.74, 6) is 0.694. The molecule has 0 atom stereocenters. The molecule has 4 nitrogen and oxygen atoms in total. The van der Waals surface area contributed by atoms with Crippen molar-refractivity contribution in [2.24, 2.45) is 0 Å². The predicted octanol–water partition coefficient (Wildman–Crippen LogP) is 3.32. The number of aromatic nitrogens is 3. The predicted molar refractivity (Wildman–Crippen MR) is 64.0 cm³/mol. The lowest BCUT2D eigenvalue weighted by Crippen LogP contribution is -1.99. The third-order valence-electron chi connectivity index (χ3n) is 2.39. The van der Waals surface area contributed by atoms with Gasteiger partial charge in [-0.25, -0.2) is 9.07 Å². The Bertz CT molecular complexity index is 661. The standard InChI is InChI=1S/C12H7ClFN3O/c13-12-15-11(10-2-1-7-18-10)17(16-12)9-5-3-8(14)4-6-9/h1-7H. The topological polar surface area (TPSA) is 43.9 Å². The maximum absolute atomic E-state index is 12.9. The van der Waals surface area contributed by atoms with Gasteiger partial charge >= 0.3 is 0 Å². The summed E-state index contributed by atoms with van der Waals surface area (Å²) >= 11 is 5.80. The molecule has 0 fully saturated rings. The second-order valence-electron chi connectivity index (χ2n) is 3.57. The molecule has 0 aliphatic rings. The number of hydrogen-bond donors (Lipinski definition) is 0. The van der Waals surface area contributed by atoms with Crippen molar-refractivity contribution in [2.75, 3.05) is 0 Å². The van der Waals surface area contributed by atoms with E-state index in [4.69, 9.17) is 16.0 Å². The number of rotatable bonds is 2. The minimum atomic E-state index is -0.315. The average Bonchev–Trinajstić information content (AvgIpc) is 2.98. The average molecular weight is 264 g/mol. The third kappa shape index (κ3) is 1.89. The van der Waals surface area contributed by atoms with Crippen LogP contribution in [-0.2, 0) is 0 Å². The van der Waals surface area contributed by atoms with Crippen molar-refractivity contribution in [1.82, 2.24) is 14.8 Å². The fourth-order valence-corrected chi connectivity index (χ4v) is 1.77. The van der Waals surface area contributed by atoms with Crippen molar-refractivity contribution in [1.29, 1.82) is 0 Å². The maximum Gasteiger partial charge on any atom is 0.243 e. The first-order valence-corrected chi connectivity index (χ1v) is 5.54. The van der Waals surface area contributed by atoms with Crippen molar-refractivity contribution in [3.63, 3.8) is 0 Å². The van der Waals surface area contributed by atoms with Crippen molar-refractivity contribution < 1.29 is 8.81 Å². The molecule has 1 aromatic carbocycles. The van der Waals surface area contributed by atoms with Crippen LogP contribution in [0.25, 0.3) is 17.3 Å². The Morgan fingerprint density at radius 3 is 2.61 bits per heavy atom. The molecular formula is C12H7ClFN3O. The zero-order chi connectivity index (χ0) is 12.5. The Labute approximate surface area is 107 Å². The number of furan rings is 1. The minimum Gasteiger partial charge on any atom is -0.461 e. The quantitative estimate of drug-likeness (QED) is 0.712. The molecular weight excluding hydrogens is 257 g/mol. The normalized spacial score (nSPS) is 10.8. The third-order valence-corrected chi connectivity index (χ3v) is 2.55. The first kappa shape index (κ1) is 11.0.